The molecule has 1 aromatic carbocycles. The number of amides is 1. The molecule has 1 atom stereocenters. The highest BCUT2D eigenvalue weighted by Gasteiger charge is 2.21. The summed E-state index contributed by atoms with van der Waals surface area (Å²) in [6, 6.07) is 7.12. The first-order valence-corrected chi connectivity index (χ1v) is 8.22. The molecule has 0 saturated heterocycles. The molecule has 1 aromatic heterocycles. The number of ether oxygens (including phenoxy) is 1. The molecule has 7 heteroatoms. The second-order valence-corrected chi connectivity index (χ2v) is 6.26. The summed E-state index contributed by atoms with van der Waals surface area (Å²) >= 11 is 5.88. The van der Waals surface area contributed by atoms with Gasteiger partial charge in [-0.05, 0) is 44.0 Å². The number of carbonyl (C=O) groups is 2. The summed E-state index contributed by atoms with van der Waals surface area (Å²) in [7, 11) is 0. The van der Waals surface area contributed by atoms with Gasteiger partial charge in [-0.2, -0.15) is 0 Å². The molecule has 1 heterocycles. The fourth-order valence-corrected chi connectivity index (χ4v) is 2.91. The van der Waals surface area contributed by atoms with Crippen molar-refractivity contribution in [3.63, 3.8) is 0 Å². The molecule has 1 amide bonds. The Balaban J connectivity index is 1.89. The van der Waals surface area contributed by atoms with Gasteiger partial charge in [-0.15, -0.1) is 0 Å². The minimum Gasteiger partial charge on any atom is -0.451 e. The second-order valence-electron chi connectivity index (χ2n) is 5.82. The van der Waals surface area contributed by atoms with Crippen LogP contribution in [-0.4, -0.2) is 28.6 Å². The van der Waals surface area contributed by atoms with Gasteiger partial charge in [0.05, 0.1) is 6.10 Å². The van der Waals surface area contributed by atoms with Crippen molar-refractivity contribution in [3.05, 3.63) is 57.4 Å². The lowest BCUT2D eigenvalue weighted by Crippen LogP contribution is -2.28. The van der Waals surface area contributed by atoms with Crippen LogP contribution in [0.3, 0.4) is 0 Å². The van der Waals surface area contributed by atoms with Gasteiger partial charge in [0.15, 0.2) is 6.61 Å². The van der Waals surface area contributed by atoms with Crippen LogP contribution in [0.1, 0.15) is 45.9 Å². The molecule has 134 valence electrons. The Kier molecular flexibility index (Phi) is 6.22. The van der Waals surface area contributed by atoms with E-state index in [-0.39, 0.29) is 12.3 Å². The number of aliphatic hydroxyl groups excluding tert-OH is 1. The molecule has 3 N–H and O–H groups in total. The van der Waals surface area contributed by atoms with Crippen LogP contribution in [0, 0.1) is 13.8 Å². The average molecular weight is 365 g/mol. The topological polar surface area (TPSA) is 91.4 Å². The van der Waals surface area contributed by atoms with Crippen molar-refractivity contribution in [3.8, 4) is 0 Å². The molecular weight excluding hydrogens is 344 g/mol. The number of aromatic amines is 1. The first-order valence-electron chi connectivity index (χ1n) is 7.85. The third kappa shape index (κ3) is 4.84. The van der Waals surface area contributed by atoms with E-state index in [9.17, 15) is 14.7 Å². The van der Waals surface area contributed by atoms with Crippen LogP contribution < -0.4 is 5.32 Å². The van der Waals surface area contributed by atoms with Crippen molar-refractivity contribution in [2.45, 2.75) is 33.4 Å². The highest BCUT2D eigenvalue weighted by Crippen LogP contribution is 2.24. The molecule has 0 saturated carbocycles. The standard InChI is InChI=1S/C18H21ClN2O4/c1-10-16(12(3)22)11(2)21-17(10)18(24)25-9-15(23)20-8-13-5-4-6-14(19)7-13/h4-7,12,21-22H,8-9H2,1-3H3,(H,20,23)/t12-/m0/s1. The van der Waals surface area contributed by atoms with Crippen molar-refractivity contribution in [1.82, 2.24) is 10.3 Å². The molecular formula is C18H21ClN2O4. The Morgan fingerprint density at radius 2 is 2.08 bits per heavy atom. The summed E-state index contributed by atoms with van der Waals surface area (Å²) in [5.74, 6) is -1.05. The maximum Gasteiger partial charge on any atom is 0.355 e. The molecule has 0 aliphatic heterocycles. The largest absolute Gasteiger partial charge is 0.451 e. The van der Waals surface area contributed by atoms with Gasteiger partial charge in [0.1, 0.15) is 5.69 Å². The monoisotopic (exact) mass is 364 g/mol. The quantitative estimate of drug-likeness (QED) is 0.687. The van der Waals surface area contributed by atoms with Gasteiger partial charge in [-0.3, -0.25) is 4.79 Å². The second kappa shape index (κ2) is 8.18. The van der Waals surface area contributed by atoms with E-state index in [4.69, 9.17) is 16.3 Å². The van der Waals surface area contributed by atoms with Crippen LogP contribution in [0.25, 0.3) is 0 Å². The molecule has 0 aliphatic carbocycles. The number of aryl methyl sites for hydroxylation is 1. The van der Waals surface area contributed by atoms with Crippen LogP contribution in [0.5, 0.6) is 0 Å². The minimum atomic E-state index is -0.696. The van der Waals surface area contributed by atoms with Crippen molar-refractivity contribution in [2.24, 2.45) is 0 Å². The molecule has 2 rings (SSSR count). The minimum absolute atomic E-state index is 0.246. The molecule has 2 aromatic rings. The summed E-state index contributed by atoms with van der Waals surface area (Å²) < 4.78 is 5.04. The van der Waals surface area contributed by atoms with Crippen LogP contribution in [0.2, 0.25) is 5.02 Å². The highest BCUT2D eigenvalue weighted by molar-refractivity contribution is 6.30. The smallest absolute Gasteiger partial charge is 0.355 e. The fourth-order valence-electron chi connectivity index (χ4n) is 2.70. The SMILES string of the molecule is Cc1[nH]c(C(=O)OCC(=O)NCc2cccc(Cl)c2)c(C)c1[C@H](C)O. The van der Waals surface area contributed by atoms with Gasteiger partial charge >= 0.3 is 5.97 Å². The van der Waals surface area contributed by atoms with E-state index in [0.29, 0.717) is 28.4 Å². The van der Waals surface area contributed by atoms with E-state index in [1.165, 1.54) is 0 Å². The Labute approximate surface area is 151 Å². The fraction of sp³-hybridized carbons (Fsp3) is 0.333. The Morgan fingerprint density at radius 1 is 1.36 bits per heavy atom. The molecule has 6 nitrogen and oxygen atoms in total. The predicted octanol–water partition coefficient (Wildman–Crippen LogP) is 2.81. The van der Waals surface area contributed by atoms with E-state index >= 15 is 0 Å². The Morgan fingerprint density at radius 3 is 2.68 bits per heavy atom. The number of benzene rings is 1. The number of H-pyrrole nitrogens is 1. The lowest BCUT2D eigenvalue weighted by molar-refractivity contribution is -0.124. The average Bonchev–Trinajstić information content (AvgIpc) is 2.85. The Bertz CT molecular complexity index is 783. The molecule has 0 unspecified atom stereocenters. The van der Waals surface area contributed by atoms with Gasteiger partial charge in [0, 0.05) is 22.8 Å². The number of aromatic nitrogens is 1. The lowest BCUT2D eigenvalue weighted by atomic mass is 10.1. The molecule has 0 fully saturated rings. The molecule has 0 radical (unpaired) electrons. The van der Waals surface area contributed by atoms with Crippen molar-refractivity contribution in [1.29, 1.82) is 0 Å². The summed E-state index contributed by atoms with van der Waals surface area (Å²) in [5, 5.41) is 13.0. The number of hydrogen-bond acceptors (Lipinski definition) is 4. The Hall–Kier alpha value is -2.31. The van der Waals surface area contributed by atoms with Crippen LogP contribution >= 0.6 is 11.6 Å². The van der Waals surface area contributed by atoms with Gasteiger partial charge in [-0.1, -0.05) is 23.7 Å². The molecule has 0 spiro atoms. The molecule has 25 heavy (non-hydrogen) atoms. The number of hydrogen-bond donors (Lipinski definition) is 3. The summed E-state index contributed by atoms with van der Waals surface area (Å²) in [6.45, 7) is 5.02. The van der Waals surface area contributed by atoms with E-state index < -0.39 is 18.0 Å². The van der Waals surface area contributed by atoms with Crippen molar-refractivity contribution in [2.75, 3.05) is 6.61 Å². The van der Waals surface area contributed by atoms with Crippen LogP contribution in [-0.2, 0) is 16.1 Å². The first kappa shape index (κ1) is 19.0. The normalized spacial score (nSPS) is 11.9. The third-order valence-electron chi connectivity index (χ3n) is 3.83. The van der Waals surface area contributed by atoms with E-state index in [1.807, 2.05) is 6.07 Å². The maximum atomic E-state index is 12.1. The summed E-state index contributed by atoms with van der Waals surface area (Å²) in [4.78, 5) is 26.9. The van der Waals surface area contributed by atoms with Gasteiger partial charge in [0.25, 0.3) is 5.91 Å². The number of rotatable bonds is 6. The zero-order valence-corrected chi connectivity index (χ0v) is 15.1. The van der Waals surface area contributed by atoms with E-state index in [1.54, 1.807) is 39.0 Å². The van der Waals surface area contributed by atoms with E-state index in [2.05, 4.69) is 10.3 Å². The van der Waals surface area contributed by atoms with Gasteiger partial charge in [-0.25, -0.2) is 4.79 Å². The summed E-state index contributed by atoms with van der Waals surface area (Å²) in [5.41, 5.74) is 3.08. The number of nitrogens with one attached hydrogen (secondary N) is 2. The number of halogens is 1. The zero-order valence-electron chi connectivity index (χ0n) is 14.4. The molecule has 0 bridgehead atoms. The maximum absolute atomic E-state index is 12.1. The predicted molar refractivity (Wildman–Crippen MR) is 94.5 cm³/mol. The van der Waals surface area contributed by atoms with Gasteiger partial charge < -0.3 is 20.1 Å². The van der Waals surface area contributed by atoms with Crippen LogP contribution in [0.4, 0.5) is 0 Å². The van der Waals surface area contributed by atoms with Crippen LogP contribution in [0.15, 0.2) is 24.3 Å². The van der Waals surface area contributed by atoms with Gasteiger partial charge in [0.2, 0.25) is 0 Å². The third-order valence-corrected chi connectivity index (χ3v) is 4.07. The number of esters is 1. The van der Waals surface area contributed by atoms with Crippen molar-refractivity contribution >= 4 is 23.5 Å². The lowest BCUT2D eigenvalue weighted by Gasteiger charge is -2.07. The number of aliphatic hydroxyl groups is 1. The first-order chi connectivity index (χ1) is 11.8. The highest BCUT2D eigenvalue weighted by atomic mass is 35.5. The molecule has 0 aliphatic rings. The summed E-state index contributed by atoms with van der Waals surface area (Å²) in [6.07, 6.45) is -0.696. The van der Waals surface area contributed by atoms with Crippen molar-refractivity contribution < 1.29 is 19.4 Å². The zero-order chi connectivity index (χ0) is 18.6. The van der Waals surface area contributed by atoms with E-state index in [0.717, 1.165) is 5.56 Å². The number of carbonyl (C=O) groups excluding carboxylic acids is 2.